The van der Waals surface area contributed by atoms with Crippen molar-refractivity contribution >= 4 is 40.2 Å². The molecular weight excluding hydrogens is 342 g/mol. The summed E-state index contributed by atoms with van der Waals surface area (Å²) >= 11 is 7.12. The first-order valence-electron chi connectivity index (χ1n) is 3.74. The fourth-order valence-electron chi connectivity index (χ4n) is 1.02. The number of aromatic nitrogens is 1. The Hall–Kier alpha value is -0.500. The van der Waals surface area contributed by atoms with Crippen LogP contribution in [0.3, 0.4) is 0 Å². The number of alkyl halides is 3. The Morgan fingerprint density at radius 3 is 2.67 bits per heavy atom. The maximum atomic E-state index is 12.3. The number of carbonyl (C=O) groups is 1. The topological polar surface area (TPSA) is 50.2 Å². The number of pyridine rings is 1. The van der Waals surface area contributed by atoms with Gasteiger partial charge in [0.2, 0.25) is 0 Å². The molecule has 0 aliphatic heterocycles. The Kier molecular flexibility index (Phi) is 4.21. The third kappa shape index (κ3) is 2.75. The molecule has 0 aromatic carbocycles. The molecule has 0 saturated heterocycles. The van der Waals surface area contributed by atoms with Crippen LogP contribution in [-0.2, 0) is 5.88 Å². The standard InChI is InChI=1S/C8H5ClF2INO2/c9-2-5-6(8(14)15)3(12)1-4(13-5)7(10)11/h1,7H,2H2,(H,14,15). The number of halogens is 4. The van der Waals surface area contributed by atoms with E-state index in [1.54, 1.807) is 22.6 Å². The molecule has 82 valence electrons. The lowest BCUT2D eigenvalue weighted by molar-refractivity contribution is 0.0693. The molecule has 1 rings (SSSR count). The van der Waals surface area contributed by atoms with Crippen molar-refractivity contribution in [3.8, 4) is 0 Å². The lowest BCUT2D eigenvalue weighted by Gasteiger charge is -2.07. The molecule has 15 heavy (non-hydrogen) atoms. The van der Waals surface area contributed by atoms with Crippen LogP contribution in [-0.4, -0.2) is 16.1 Å². The van der Waals surface area contributed by atoms with Gasteiger partial charge in [-0.1, -0.05) is 0 Å². The zero-order valence-electron chi connectivity index (χ0n) is 7.18. The molecule has 0 saturated carbocycles. The van der Waals surface area contributed by atoms with Crippen molar-refractivity contribution in [3.05, 3.63) is 26.6 Å². The predicted molar refractivity (Wildman–Crippen MR) is 58.4 cm³/mol. The molecule has 0 radical (unpaired) electrons. The van der Waals surface area contributed by atoms with Gasteiger partial charge in [-0.3, -0.25) is 0 Å². The quantitative estimate of drug-likeness (QED) is 0.675. The van der Waals surface area contributed by atoms with Gasteiger partial charge in [-0.05, 0) is 28.7 Å². The lowest BCUT2D eigenvalue weighted by atomic mass is 10.2. The van der Waals surface area contributed by atoms with Crippen LogP contribution in [0.4, 0.5) is 8.78 Å². The number of rotatable bonds is 3. The highest BCUT2D eigenvalue weighted by Gasteiger charge is 2.19. The van der Waals surface area contributed by atoms with Crippen LogP contribution in [0.15, 0.2) is 6.07 Å². The smallest absolute Gasteiger partial charge is 0.338 e. The molecule has 1 aromatic rings. The second kappa shape index (κ2) is 5.02. The van der Waals surface area contributed by atoms with Gasteiger partial charge in [0.1, 0.15) is 5.69 Å². The molecular formula is C8H5ClF2INO2. The minimum atomic E-state index is -2.73. The largest absolute Gasteiger partial charge is 0.478 e. The maximum absolute atomic E-state index is 12.3. The highest BCUT2D eigenvalue weighted by atomic mass is 127. The van der Waals surface area contributed by atoms with E-state index < -0.39 is 18.1 Å². The Labute approximate surface area is 103 Å². The Morgan fingerprint density at radius 2 is 2.27 bits per heavy atom. The van der Waals surface area contributed by atoms with Crippen molar-refractivity contribution in [2.24, 2.45) is 0 Å². The van der Waals surface area contributed by atoms with Crippen molar-refractivity contribution in [1.82, 2.24) is 4.98 Å². The molecule has 7 heteroatoms. The van der Waals surface area contributed by atoms with Crippen LogP contribution in [0.25, 0.3) is 0 Å². The van der Waals surface area contributed by atoms with E-state index in [2.05, 4.69) is 4.98 Å². The minimum absolute atomic E-state index is 0.0358. The van der Waals surface area contributed by atoms with Gasteiger partial charge in [-0.25, -0.2) is 18.6 Å². The molecule has 0 spiro atoms. The maximum Gasteiger partial charge on any atom is 0.338 e. The zero-order valence-corrected chi connectivity index (χ0v) is 10.1. The van der Waals surface area contributed by atoms with Crippen LogP contribution in [0.2, 0.25) is 0 Å². The van der Waals surface area contributed by atoms with Gasteiger partial charge < -0.3 is 5.11 Å². The van der Waals surface area contributed by atoms with Crippen LogP contribution in [0, 0.1) is 3.57 Å². The first kappa shape index (κ1) is 12.6. The van der Waals surface area contributed by atoms with E-state index in [1.165, 1.54) is 0 Å². The number of hydrogen-bond acceptors (Lipinski definition) is 2. The number of carboxylic acids is 1. The molecule has 1 aromatic heterocycles. The first-order valence-corrected chi connectivity index (χ1v) is 5.35. The Morgan fingerprint density at radius 1 is 1.67 bits per heavy atom. The van der Waals surface area contributed by atoms with Gasteiger partial charge in [0.05, 0.1) is 17.1 Å². The SMILES string of the molecule is O=C(O)c1c(I)cc(C(F)F)nc1CCl. The van der Waals surface area contributed by atoms with Crippen molar-refractivity contribution in [1.29, 1.82) is 0 Å². The molecule has 0 aliphatic rings. The number of carboxylic acid groups (broad SMARTS) is 1. The van der Waals surface area contributed by atoms with Crippen LogP contribution in [0.1, 0.15) is 28.2 Å². The molecule has 0 fully saturated rings. The molecule has 1 heterocycles. The monoisotopic (exact) mass is 347 g/mol. The Balaban J connectivity index is 3.37. The van der Waals surface area contributed by atoms with E-state index in [0.29, 0.717) is 0 Å². The van der Waals surface area contributed by atoms with Gasteiger partial charge in [0, 0.05) is 3.57 Å². The second-order valence-corrected chi connectivity index (χ2v) is 4.02. The predicted octanol–water partition coefficient (Wildman–Crippen LogP) is 3.06. The zero-order chi connectivity index (χ0) is 11.6. The molecule has 0 amide bonds. The van der Waals surface area contributed by atoms with Crippen LogP contribution < -0.4 is 0 Å². The number of hydrogen-bond donors (Lipinski definition) is 1. The summed E-state index contributed by atoms with van der Waals surface area (Å²) in [6.07, 6.45) is -2.73. The van der Waals surface area contributed by atoms with Gasteiger partial charge in [-0.2, -0.15) is 0 Å². The van der Waals surface area contributed by atoms with Crippen molar-refractivity contribution in [2.75, 3.05) is 0 Å². The summed E-state index contributed by atoms with van der Waals surface area (Å²) in [6.45, 7) is 0. The average molecular weight is 347 g/mol. The average Bonchev–Trinajstić information content (AvgIpc) is 2.15. The summed E-state index contributed by atoms with van der Waals surface area (Å²) in [7, 11) is 0. The van der Waals surface area contributed by atoms with Crippen molar-refractivity contribution in [2.45, 2.75) is 12.3 Å². The fourth-order valence-corrected chi connectivity index (χ4v) is 2.07. The minimum Gasteiger partial charge on any atom is -0.478 e. The van der Waals surface area contributed by atoms with E-state index in [4.69, 9.17) is 16.7 Å². The van der Waals surface area contributed by atoms with Crippen LogP contribution >= 0.6 is 34.2 Å². The number of nitrogens with zero attached hydrogens (tertiary/aromatic N) is 1. The Bertz CT molecular complexity index is 400. The van der Waals surface area contributed by atoms with Gasteiger partial charge >= 0.3 is 5.97 Å². The molecule has 3 nitrogen and oxygen atoms in total. The van der Waals surface area contributed by atoms with Gasteiger partial charge in [0.25, 0.3) is 6.43 Å². The summed E-state index contributed by atoms with van der Waals surface area (Å²) in [4.78, 5) is 14.3. The van der Waals surface area contributed by atoms with Gasteiger partial charge in [0.15, 0.2) is 0 Å². The third-order valence-electron chi connectivity index (χ3n) is 1.63. The summed E-state index contributed by atoms with van der Waals surface area (Å²) in [5, 5.41) is 8.82. The van der Waals surface area contributed by atoms with Crippen LogP contribution in [0.5, 0.6) is 0 Å². The molecule has 0 aliphatic carbocycles. The van der Waals surface area contributed by atoms with E-state index in [1.807, 2.05) is 0 Å². The van der Waals surface area contributed by atoms with Crippen molar-refractivity contribution in [3.63, 3.8) is 0 Å². The first-order chi connectivity index (χ1) is 6.97. The van der Waals surface area contributed by atoms with E-state index >= 15 is 0 Å². The fraction of sp³-hybridized carbons (Fsp3) is 0.250. The summed E-state index contributed by atoms with van der Waals surface area (Å²) in [6, 6.07) is 1.05. The highest BCUT2D eigenvalue weighted by molar-refractivity contribution is 14.1. The molecule has 0 unspecified atom stereocenters. The summed E-state index contributed by atoms with van der Waals surface area (Å²) < 4.78 is 24.9. The molecule has 0 atom stereocenters. The van der Waals surface area contributed by atoms with E-state index in [9.17, 15) is 13.6 Å². The van der Waals surface area contributed by atoms with Crippen molar-refractivity contribution < 1.29 is 18.7 Å². The summed E-state index contributed by atoms with van der Waals surface area (Å²) in [5.74, 6) is -1.43. The second-order valence-electron chi connectivity index (χ2n) is 2.59. The van der Waals surface area contributed by atoms with Gasteiger partial charge in [-0.15, -0.1) is 11.6 Å². The normalized spacial score (nSPS) is 10.7. The molecule has 0 bridgehead atoms. The summed E-state index contributed by atoms with van der Waals surface area (Å²) in [5.41, 5.74) is -0.610. The lowest BCUT2D eigenvalue weighted by Crippen LogP contribution is -2.09. The number of aromatic carboxylic acids is 1. The molecule has 1 N–H and O–H groups in total. The highest BCUT2D eigenvalue weighted by Crippen LogP contribution is 2.24. The van der Waals surface area contributed by atoms with E-state index in [-0.39, 0.29) is 20.7 Å². The van der Waals surface area contributed by atoms with E-state index in [0.717, 1.165) is 6.07 Å². The third-order valence-corrected chi connectivity index (χ3v) is 2.73.